The van der Waals surface area contributed by atoms with Crippen molar-refractivity contribution in [3.8, 4) is 0 Å². The molecule has 0 spiro atoms. The molecule has 1 N–H and O–H groups in total. The number of alkyl halides is 1. The van der Waals surface area contributed by atoms with Gasteiger partial charge >= 0.3 is 0 Å². The SMILES string of the molecule is CNC(Br)c1ccc(Cl)c(Cl)c1. The van der Waals surface area contributed by atoms with E-state index in [4.69, 9.17) is 23.2 Å². The first-order valence-corrected chi connectivity index (χ1v) is 5.08. The molecule has 0 bridgehead atoms. The lowest BCUT2D eigenvalue weighted by molar-refractivity contribution is 0.808. The Kier molecular flexibility index (Phi) is 3.84. The molecule has 1 unspecified atom stereocenters. The molecule has 12 heavy (non-hydrogen) atoms. The summed E-state index contributed by atoms with van der Waals surface area (Å²) in [6, 6.07) is 5.54. The minimum absolute atomic E-state index is 0.118. The van der Waals surface area contributed by atoms with Gasteiger partial charge in [-0.05, 0) is 24.7 Å². The van der Waals surface area contributed by atoms with Gasteiger partial charge in [0.15, 0.2) is 0 Å². The molecule has 1 aromatic rings. The van der Waals surface area contributed by atoms with Crippen LogP contribution in [0.5, 0.6) is 0 Å². The van der Waals surface area contributed by atoms with Crippen LogP contribution in [0.1, 0.15) is 10.5 Å². The molecule has 0 aliphatic rings. The molecule has 0 aliphatic heterocycles. The minimum atomic E-state index is 0.118. The van der Waals surface area contributed by atoms with Crippen molar-refractivity contribution in [3.63, 3.8) is 0 Å². The van der Waals surface area contributed by atoms with Crippen molar-refractivity contribution in [3.05, 3.63) is 33.8 Å². The summed E-state index contributed by atoms with van der Waals surface area (Å²) >= 11 is 15.0. The van der Waals surface area contributed by atoms with Gasteiger partial charge in [-0.25, -0.2) is 0 Å². The first kappa shape index (κ1) is 10.3. The molecular weight excluding hydrogens is 261 g/mol. The Labute approximate surface area is 90.2 Å². The molecule has 0 aromatic heterocycles. The Balaban J connectivity index is 2.96. The highest BCUT2D eigenvalue weighted by molar-refractivity contribution is 9.09. The summed E-state index contributed by atoms with van der Waals surface area (Å²) in [5.41, 5.74) is 1.06. The van der Waals surface area contributed by atoms with E-state index in [-0.39, 0.29) is 4.95 Å². The largest absolute Gasteiger partial charge is 0.304 e. The smallest absolute Gasteiger partial charge is 0.0884 e. The highest BCUT2D eigenvalue weighted by atomic mass is 79.9. The number of benzene rings is 1. The lowest BCUT2D eigenvalue weighted by Crippen LogP contribution is -2.08. The van der Waals surface area contributed by atoms with Crippen molar-refractivity contribution in [1.82, 2.24) is 5.32 Å². The van der Waals surface area contributed by atoms with Gasteiger partial charge in [0.05, 0.1) is 15.0 Å². The Bertz CT molecular complexity index is 278. The second kappa shape index (κ2) is 4.47. The van der Waals surface area contributed by atoms with Crippen LogP contribution in [0.25, 0.3) is 0 Å². The molecule has 66 valence electrons. The first-order valence-electron chi connectivity index (χ1n) is 3.41. The predicted octanol–water partition coefficient (Wildman–Crippen LogP) is 3.61. The maximum atomic E-state index is 5.83. The van der Waals surface area contributed by atoms with Crippen molar-refractivity contribution in [1.29, 1.82) is 0 Å². The van der Waals surface area contributed by atoms with Crippen LogP contribution in [-0.4, -0.2) is 7.05 Å². The molecule has 0 fully saturated rings. The van der Waals surface area contributed by atoms with Gasteiger partial charge in [0, 0.05) is 0 Å². The van der Waals surface area contributed by atoms with Crippen LogP contribution in [-0.2, 0) is 0 Å². The molecule has 0 aliphatic carbocycles. The number of hydrogen-bond acceptors (Lipinski definition) is 1. The molecule has 0 saturated carbocycles. The standard InChI is InChI=1S/C8H8BrCl2N/c1-12-8(9)5-2-3-6(10)7(11)4-5/h2-4,8,12H,1H3. The lowest BCUT2D eigenvalue weighted by atomic mass is 10.2. The molecule has 0 heterocycles. The van der Waals surface area contributed by atoms with Crippen LogP contribution in [0.2, 0.25) is 10.0 Å². The van der Waals surface area contributed by atoms with Crippen LogP contribution in [0, 0.1) is 0 Å². The fourth-order valence-corrected chi connectivity index (χ4v) is 1.43. The molecule has 1 atom stereocenters. The maximum absolute atomic E-state index is 5.83. The molecule has 0 amide bonds. The molecular formula is C8H8BrCl2N. The van der Waals surface area contributed by atoms with Crippen LogP contribution in [0.15, 0.2) is 18.2 Å². The van der Waals surface area contributed by atoms with E-state index in [1.807, 2.05) is 19.2 Å². The van der Waals surface area contributed by atoms with Gasteiger partial charge in [0.1, 0.15) is 0 Å². The van der Waals surface area contributed by atoms with Gasteiger partial charge in [-0.15, -0.1) is 0 Å². The van der Waals surface area contributed by atoms with Crippen LogP contribution < -0.4 is 5.32 Å². The average Bonchev–Trinajstić information content (AvgIpc) is 2.08. The van der Waals surface area contributed by atoms with E-state index < -0.39 is 0 Å². The van der Waals surface area contributed by atoms with Gasteiger partial charge in [-0.1, -0.05) is 45.2 Å². The maximum Gasteiger partial charge on any atom is 0.0884 e. The second-order valence-electron chi connectivity index (χ2n) is 2.32. The highest BCUT2D eigenvalue weighted by Gasteiger charge is 2.05. The van der Waals surface area contributed by atoms with Gasteiger partial charge in [0.2, 0.25) is 0 Å². The zero-order chi connectivity index (χ0) is 9.14. The minimum Gasteiger partial charge on any atom is -0.304 e. The summed E-state index contributed by atoms with van der Waals surface area (Å²) in [7, 11) is 1.86. The summed E-state index contributed by atoms with van der Waals surface area (Å²) in [6.45, 7) is 0. The Morgan fingerprint density at radius 2 is 2.00 bits per heavy atom. The van der Waals surface area contributed by atoms with Gasteiger partial charge < -0.3 is 5.32 Å². The van der Waals surface area contributed by atoms with Gasteiger partial charge in [-0.3, -0.25) is 0 Å². The zero-order valence-electron chi connectivity index (χ0n) is 6.44. The number of hydrogen-bond donors (Lipinski definition) is 1. The number of rotatable bonds is 2. The third-order valence-corrected chi connectivity index (χ3v) is 3.22. The van der Waals surface area contributed by atoms with E-state index in [1.54, 1.807) is 6.07 Å². The Morgan fingerprint density at radius 1 is 1.33 bits per heavy atom. The van der Waals surface area contributed by atoms with Crippen molar-refractivity contribution >= 4 is 39.1 Å². The number of nitrogens with one attached hydrogen (secondary N) is 1. The van der Waals surface area contributed by atoms with Gasteiger partial charge in [0.25, 0.3) is 0 Å². The number of halogens is 3. The summed E-state index contributed by atoms with van der Waals surface area (Å²) < 4.78 is 0. The van der Waals surface area contributed by atoms with Gasteiger partial charge in [-0.2, -0.15) is 0 Å². The quantitative estimate of drug-likeness (QED) is 0.638. The fourth-order valence-electron chi connectivity index (χ4n) is 0.837. The van der Waals surface area contributed by atoms with Crippen molar-refractivity contribution in [2.24, 2.45) is 0 Å². The molecule has 1 rings (SSSR count). The third kappa shape index (κ3) is 2.36. The van der Waals surface area contributed by atoms with Crippen LogP contribution in [0.3, 0.4) is 0 Å². The fraction of sp³-hybridized carbons (Fsp3) is 0.250. The molecule has 1 aromatic carbocycles. The van der Waals surface area contributed by atoms with Crippen molar-refractivity contribution < 1.29 is 0 Å². The highest BCUT2D eigenvalue weighted by Crippen LogP contribution is 2.27. The van der Waals surface area contributed by atoms with E-state index in [0.29, 0.717) is 10.0 Å². The molecule has 4 heteroatoms. The molecule has 0 saturated heterocycles. The van der Waals surface area contributed by atoms with E-state index in [2.05, 4.69) is 21.2 Å². The lowest BCUT2D eigenvalue weighted by Gasteiger charge is -2.08. The van der Waals surface area contributed by atoms with Crippen LogP contribution in [0.4, 0.5) is 0 Å². The van der Waals surface area contributed by atoms with E-state index in [1.165, 1.54) is 0 Å². The first-order chi connectivity index (χ1) is 5.65. The van der Waals surface area contributed by atoms with E-state index in [9.17, 15) is 0 Å². The van der Waals surface area contributed by atoms with Crippen molar-refractivity contribution in [2.45, 2.75) is 4.95 Å². The third-order valence-electron chi connectivity index (χ3n) is 1.49. The van der Waals surface area contributed by atoms with Crippen molar-refractivity contribution in [2.75, 3.05) is 7.05 Å². The van der Waals surface area contributed by atoms with Crippen LogP contribution >= 0.6 is 39.1 Å². The monoisotopic (exact) mass is 267 g/mol. The Morgan fingerprint density at radius 3 is 2.50 bits per heavy atom. The average molecular weight is 269 g/mol. The summed E-state index contributed by atoms with van der Waals surface area (Å²) in [5.74, 6) is 0. The summed E-state index contributed by atoms with van der Waals surface area (Å²) in [6.07, 6.45) is 0. The molecule has 1 nitrogen and oxygen atoms in total. The predicted molar refractivity (Wildman–Crippen MR) is 57.2 cm³/mol. The normalized spacial score (nSPS) is 13.0. The zero-order valence-corrected chi connectivity index (χ0v) is 9.54. The second-order valence-corrected chi connectivity index (χ2v) is 4.05. The topological polar surface area (TPSA) is 12.0 Å². The summed E-state index contributed by atoms with van der Waals surface area (Å²) in [5, 5.41) is 4.20. The van der Waals surface area contributed by atoms with E-state index in [0.717, 1.165) is 5.56 Å². The summed E-state index contributed by atoms with van der Waals surface area (Å²) in [4.78, 5) is 0.118. The van der Waals surface area contributed by atoms with E-state index >= 15 is 0 Å². The molecule has 0 radical (unpaired) electrons. The Hall–Kier alpha value is 0.240.